The Bertz CT molecular complexity index is 512. The van der Waals surface area contributed by atoms with Gasteiger partial charge in [0, 0.05) is 12.2 Å². The number of aliphatic hydroxyl groups is 1. The van der Waals surface area contributed by atoms with Gasteiger partial charge in [0.25, 0.3) is 0 Å². The van der Waals surface area contributed by atoms with Crippen molar-refractivity contribution in [3.63, 3.8) is 0 Å². The minimum absolute atomic E-state index is 0.0231. The standard InChI is InChI=1S/C12H21N3O3S/c1-10-3-2-4-11(7-10)14-19(17,18)12-8-13-15(9-12)5-6-16/h8-11,14,16H,2-7H2,1H3. The third kappa shape index (κ3) is 3.77. The van der Waals surface area contributed by atoms with E-state index in [0.717, 1.165) is 19.3 Å². The van der Waals surface area contributed by atoms with Crippen LogP contribution in [0.3, 0.4) is 0 Å². The summed E-state index contributed by atoms with van der Waals surface area (Å²) in [6.45, 7) is 2.39. The molecule has 2 unspecified atom stereocenters. The predicted molar refractivity (Wildman–Crippen MR) is 71.1 cm³/mol. The van der Waals surface area contributed by atoms with E-state index >= 15 is 0 Å². The number of hydrogen-bond donors (Lipinski definition) is 2. The Kier molecular flexibility index (Phi) is 4.59. The highest BCUT2D eigenvalue weighted by molar-refractivity contribution is 7.89. The van der Waals surface area contributed by atoms with Gasteiger partial charge in [-0.15, -0.1) is 0 Å². The zero-order chi connectivity index (χ0) is 13.9. The third-order valence-corrected chi connectivity index (χ3v) is 4.98. The molecular weight excluding hydrogens is 266 g/mol. The first-order chi connectivity index (χ1) is 9.01. The fraction of sp³-hybridized carbons (Fsp3) is 0.750. The summed E-state index contributed by atoms with van der Waals surface area (Å²) in [6, 6.07) is 0.0231. The molecule has 1 aromatic heterocycles. The molecule has 2 atom stereocenters. The van der Waals surface area contributed by atoms with Crippen molar-refractivity contribution in [2.24, 2.45) is 5.92 Å². The van der Waals surface area contributed by atoms with Crippen molar-refractivity contribution in [2.45, 2.75) is 50.1 Å². The van der Waals surface area contributed by atoms with Crippen LogP contribution in [0.1, 0.15) is 32.6 Å². The zero-order valence-electron chi connectivity index (χ0n) is 11.1. The van der Waals surface area contributed by atoms with E-state index in [9.17, 15) is 8.42 Å². The predicted octanol–water partition coefficient (Wildman–Crippen LogP) is 0.732. The molecule has 7 heteroatoms. The minimum Gasteiger partial charge on any atom is -0.394 e. The summed E-state index contributed by atoms with van der Waals surface area (Å²) >= 11 is 0. The first-order valence-corrected chi connectivity index (χ1v) is 8.15. The summed E-state index contributed by atoms with van der Waals surface area (Å²) in [7, 11) is -3.50. The normalized spacial score (nSPS) is 24.5. The third-order valence-electron chi connectivity index (χ3n) is 3.51. The van der Waals surface area contributed by atoms with E-state index in [2.05, 4.69) is 16.7 Å². The summed E-state index contributed by atoms with van der Waals surface area (Å²) in [5.41, 5.74) is 0. The van der Waals surface area contributed by atoms with Crippen LogP contribution >= 0.6 is 0 Å². The smallest absolute Gasteiger partial charge is 0.243 e. The van der Waals surface area contributed by atoms with Crippen LogP contribution in [0.2, 0.25) is 0 Å². The van der Waals surface area contributed by atoms with Gasteiger partial charge in [0.05, 0.1) is 19.3 Å². The molecular formula is C12H21N3O3S. The monoisotopic (exact) mass is 287 g/mol. The number of nitrogens with zero attached hydrogens (tertiary/aromatic N) is 2. The Morgan fingerprint density at radius 2 is 2.32 bits per heavy atom. The lowest BCUT2D eigenvalue weighted by molar-refractivity contribution is 0.269. The van der Waals surface area contributed by atoms with Gasteiger partial charge in [0.2, 0.25) is 10.0 Å². The fourth-order valence-corrected chi connectivity index (χ4v) is 3.77. The topological polar surface area (TPSA) is 84.2 Å². The average molecular weight is 287 g/mol. The van der Waals surface area contributed by atoms with Crippen molar-refractivity contribution < 1.29 is 13.5 Å². The molecule has 0 aromatic carbocycles. The van der Waals surface area contributed by atoms with E-state index in [1.165, 1.54) is 23.5 Å². The number of rotatable bonds is 5. The molecule has 19 heavy (non-hydrogen) atoms. The van der Waals surface area contributed by atoms with E-state index in [1.807, 2.05) is 0 Å². The molecule has 1 aromatic rings. The second-order valence-electron chi connectivity index (χ2n) is 5.25. The Labute approximate surface area is 113 Å². The van der Waals surface area contributed by atoms with Gasteiger partial charge in [-0.25, -0.2) is 13.1 Å². The molecule has 108 valence electrons. The number of nitrogens with one attached hydrogen (secondary N) is 1. The molecule has 1 aliphatic carbocycles. The molecule has 1 aliphatic rings. The average Bonchev–Trinajstić information content (AvgIpc) is 2.78. The van der Waals surface area contributed by atoms with Crippen molar-refractivity contribution >= 4 is 10.0 Å². The van der Waals surface area contributed by atoms with Crippen LogP contribution in [0.25, 0.3) is 0 Å². The molecule has 1 saturated carbocycles. The van der Waals surface area contributed by atoms with Gasteiger partial charge in [0.15, 0.2) is 0 Å². The second-order valence-corrected chi connectivity index (χ2v) is 6.97. The van der Waals surface area contributed by atoms with Gasteiger partial charge in [-0.2, -0.15) is 5.10 Å². The first-order valence-electron chi connectivity index (χ1n) is 6.67. The molecule has 0 spiro atoms. The van der Waals surface area contributed by atoms with E-state index in [4.69, 9.17) is 5.11 Å². The lowest BCUT2D eigenvalue weighted by Gasteiger charge is -2.26. The number of aliphatic hydroxyl groups excluding tert-OH is 1. The SMILES string of the molecule is CC1CCCC(NS(=O)(=O)c2cnn(CCO)c2)C1. The van der Waals surface area contributed by atoms with Gasteiger partial charge in [0.1, 0.15) is 4.90 Å². The first kappa shape index (κ1) is 14.5. The fourth-order valence-electron chi connectivity index (χ4n) is 2.54. The van der Waals surface area contributed by atoms with Crippen LogP contribution < -0.4 is 4.72 Å². The van der Waals surface area contributed by atoms with E-state index < -0.39 is 10.0 Å². The van der Waals surface area contributed by atoms with Crippen LogP contribution in [0.5, 0.6) is 0 Å². The van der Waals surface area contributed by atoms with Gasteiger partial charge in [-0.05, 0) is 18.8 Å². The summed E-state index contributed by atoms with van der Waals surface area (Å²) in [6.07, 6.45) is 6.80. The van der Waals surface area contributed by atoms with Crippen LogP contribution in [-0.4, -0.2) is 36.0 Å². The quantitative estimate of drug-likeness (QED) is 0.836. The van der Waals surface area contributed by atoms with Crippen molar-refractivity contribution in [2.75, 3.05) is 6.61 Å². The highest BCUT2D eigenvalue weighted by Gasteiger charge is 2.25. The molecule has 0 radical (unpaired) electrons. The Morgan fingerprint density at radius 3 is 3.00 bits per heavy atom. The van der Waals surface area contributed by atoms with E-state index in [-0.39, 0.29) is 17.5 Å². The van der Waals surface area contributed by atoms with Crippen molar-refractivity contribution in [3.8, 4) is 0 Å². The molecule has 1 heterocycles. The largest absolute Gasteiger partial charge is 0.394 e. The highest BCUT2D eigenvalue weighted by atomic mass is 32.2. The summed E-state index contributed by atoms with van der Waals surface area (Å²) < 4.78 is 28.6. The molecule has 0 saturated heterocycles. The maximum absolute atomic E-state index is 12.2. The number of aromatic nitrogens is 2. The summed E-state index contributed by atoms with van der Waals surface area (Å²) in [4.78, 5) is 0.166. The Hall–Kier alpha value is -0.920. The molecule has 2 N–H and O–H groups in total. The van der Waals surface area contributed by atoms with E-state index in [0.29, 0.717) is 12.5 Å². The van der Waals surface area contributed by atoms with Crippen LogP contribution in [-0.2, 0) is 16.6 Å². The molecule has 0 amide bonds. The number of sulfonamides is 1. The van der Waals surface area contributed by atoms with Crippen LogP contribution in [0, 0.1) is 5.92 Å². The second kappa shape index (κ2) is 6.02. The maximum Gasteiger partial charge on any atom is 0.243 e. The van der Waals surface area contributed by atoms with Crippen molar-refractivity contribution in [3.05, 3.63) is 12.4 Å². The number of hydrogen-bond acceptors (Lipinski definition) is 4. The van der Waals surface area contributed by atoms with Gasteiger partial charge in [-0.1, -0.05) is 19.8 Å². The maximum atomic E-state index is 12.2. The lowest BCUT2D eigenvalue weighted by Crippen LogP contribution is -2.37. The molecule has 2 rings (SSSR count). The summed E-state index contributed by atoms with van der Waals surface area (Å²) in [5, 5.41) is 12.7. The summed E-state index contributed by atoms with van der Waals surface area (Å²) in [5.74, 6) is 0.568. The Balaban J connectivity index is 2.04. The molecule has 6 nitrogen and oxygen atoms in total. The highest BCUT2D eigenvalue weighted by Crippen LogP contribution is 2.24. The van der Waals surface area contributed by atoms with E-state index in [1.54, 1.807) is 0 Å². The van der Waals surface area contributed by atoms with Gasteiger partial charge >= 0.3 is 0 Å². The van der Waals surface area contributed by atoms with Crippen LogP contribution in [0.4, 0.5) is 0 Å². The molecule has 1 fully saturated rings. The Morgan fingerprint density at radius 1 is 1.53 bits per heavy atom. The van der Waals surface area contributed by atoms with Crippen molar-refractivity contribution in [1.29, 1.82) is 0 Å². The van der Waals surface area contributed by atoms with Crippen molar-refractivity contribution in [1.82, 2.24) is 14.5 Å². The van der Waals surface area contributed by atoms with Crippen LogP contribution in [0.15, 0.2) is 17.3 Å². The molecule has 0 aliphatic heterocycles. The minimum atomic E-state index is -3.50. The van der Waals surface area contributed by atoms with Gasteiger partial charge < -0.3 is 5.11 Å². The lowest BCUT2D eigenvalue weighted by atomic mass is 9.88. The zero-order valence-corrected chi connectivity index (χ0v) is 11.9. The molecule has 0 bridgehead atoms. The van der Waals surface area contributed by atoms with Gasteiger partial charge in [-0.3, -0.25) is 4.68 Å².